The van der Waals surface area contributed by atoms with Crippen LogP contribution in [0.2, 0.25) is 0 Å². The Morgan fingerprint density at radius 2 is 1.84 bits per heavy atom. The molecule has 0 aromatic rings. The van der Waals surface area contributed by atoms with Gasteiger partial charge in [-0.3, -0.25) is 0 Å². The minimum atomic E-state index is 0.630. The fourth-order valence-corrected chi connectivity index (χ4v) is 1.96. The van der Waals surface area contributed by atoms with Gasteiger partial charge < -0.3 is 15.7 Å². The molecule has 110 valence electrons. The van der Waals surface area contributed by atoms with Crippen LogP contribution < -0.4 is 0 Å². The SMILES string of the molecule is CCCC(=N)/C=C(\C=N)N(CCC)CCC(C)CC. The maximum absolute atomic E-state index is 7.89. The van der Waals surface area contributed by atoms with Gasteiger partial charge in [0.25, 0.3) is 0 Å². The van der Waals surface area contributed by atoms with Crippen molar-refractivity contribution in [3.63, 3.8) is 0 Å². The Kier molecular flexibility index (Phi) is 10.1. The van der Waals surface area contributed by atoms with Crippen LogP contribution in [-0.4, -0.2) is 29.9 Å². The minimum absolute atomic E-state index is 0.630. The van der Waals surface area contributed by atoms with Crippen molar-refractivity contribution in [2.45, 2.75) is 59.8 Å². The molecule has 1 atom stereocenters. The van der Waals surface area contributed by atoms with Gasteiger partial charge in [-0.2, -0.15) is 0 Å². The molecular weight excluding hydrogens is 234 g/mol. The summed E-state index contributed by atoms with van der Waals surface area (Å²) in [5, 5.41) is 15.5. The van der Waals surface area contributed by atoms with Crippen molar-refractivity contribution in [3.05, 3.63) is 11.8 Å². The van der Waals surface area contributed by atoms with Crippen LogP contribution in [0.3, 0.4) is 0 Å². The Morgan fingerprint density at radius 3 is 2.32 bits per heavy atom. The van der Waals surface area contributed by atoms with E-state index in [1.165, 1.54) is 12.6 Å². The van der Waals surface area contributed by atoms with Crippen molar-refractivity contribution >= 4 is 11.9 Å². The Labute approximate surface area is 119 Å². The van der Waals surface area contributed by atoms with Gasteiger partial charge in [-0.05, 0) is 31.3 Å². The predicted octanol–water partition coefficient (Wildman–Crippen LogP) is 4.49. The Balaban J connectivity index is 4.69. The van der Waals surface area contributed by atoms with E-state index in [1.807, 2.05) is 6.08 Å². The van der Waals surface area contributed by atoms with Crippen molar-refractivity contribution in [1.29, 1.82) is 10.8 Å². The van der Waals surface area contributed by atoms with E-state index in [9.17, 15) is 0 Å². The van der Waals surface area contributed by atoms with Gasteiger partial charge in [-0.15, -0.1) is 0 Å². The summed E-state index contributed by atoms with van der Waals surface area (Å²) in [4.78, 5) is 2.25. The van der Waals surface area contributed by atoms with Gasteiger partial charge in [0.15, 0.2) is 0 Å². The zero-order valence-corrected chi connectivity index (χ0v) is 13.1. The van der Waals surface area contributed by atoms with E-state index >= 15 is 0 Å². The minimum Gasteiger partial charge on any atom is -0.370 e. The summed E-state index contributed by atoms with van der Waals surface area (Å²) in [6.45, 7) is 10.7. The molecule has 0 radical (unpaired) electrons. The van der Waals surface area contributed by atoms with Crippen LogP contribution >= 0.6 is 0 Å². The Bertz CT molecular complexity index is 294. The normalized spacial score (nSPS) is 13.2. The lowest BCUT2D eigenvalue weighted by Crippen LogP contribution is -2.27. The molecular formula is C16H31N3. The molecule has 0 bridgehead atoms. The van der Waals surface area contributed by atoms with E-state index in [0.717, 1.165) is 50.4 Å². The van der Waals surface area contributed by atoms with Gasteiger partial charge in [0.1, 0.15) is 0 Å². The van der Waals surface area contributed by atoms with Crippen molar-refractivity contribution in [2.75, 3.05) is 13.1 Å². The highest BCUT2D eigenvalue weighted by molar-refractivity contribution is 5.97. The first-order valence-corrected chi connectivity index (χ1v) is 7.63. The maximum atomic E-state index is 7.89. The standard InChI is InChI=1S/C16H31N3/c1-5-8-15(18)12-16(13-17)19(10-6-2)11-9-14(4)7-3/h12-14,17-18H,5-11H2,1-4H3/b16-12+,17-13?,18-15?. The van der Waals surface area contributed by atoms with E-state index in [4.69, 9.17) is 10.8 Å². The van der Waals surface area contributed by atoms with Crippen molar-refractivity contribution in [1.82, 2.24) is 4.90 Å². The molecule has 0 fully saturated rings. The lowest BCUT2D eigenvalue weighted by molar-refractivity contribution is 0.325. The first-order chi connectivity index (χ1) is 9.08. The van der Waals surface area contributed by atoms with Gasteiger partial charge in [0.05, 0.1) is 5.70 Å². The highest BCUT2D eigenvalue weighted by atomic mass is 15.1. The summed E-state index contributed by atoms with van der Waals surface area (Å²) in [5.41, 5.74) is 1.52. The summed E-state index contributed by atoms with van der Waals surface area (Å²) in [6.07, 6.45) is 8.48. The number of allylic oxidation sites excluding steroid dienone is 2. The first-order valence-electron chi connectivity index (χ1n) is 7.63. The third-order valence-corrected chi connectivity index (χ3v) is 3.44. The molecule has 0 aliphatic carbocycles. The van der Waals surface area contributed by atoms with E-state index in [0.29, 0.717) is 5.71 Å². The average molecular weight is 265 g/mol. The van der Waals surface area contributed by atoms with Gasteiger partial charge in [0.2, 0.25) is 0 Å². The van der Waals surface area contributed by atoms with Crippen molar-refractivity contribution in [2.24, 2.45) is 5.92 Å². The Morgan fingerprint density at radius 1 is 1.16 bits per heavy atom. The zero-order valence-electron chi connectivity index (χ0n) is 13.1. The van der Waals surface area contributed by atoms with Crippen molar-refractivity contribution < 1.29 is 0 Å². The van der Waals surface area contributed by atoms with Gasteiger partial charge in [-0.1, -0.05) is 40.5 Å². The molecule has 0 saturated carbocycles. The van der Waals surface area contributed by atoms with Crippen LogP contribution in [0.1, 0.15) is 59.8 Å². The molecule has 19 heavy (non-hydrogen) atoms. The van der Waals surface area contributed by atoms with Crippen molar-refractivity contribution in [3.8, 4) is 0 Å². The van der Waals surface area contributed by atoms with Gasteiger partial charge >= 0.3 is 0 Å². The second-order valence-electron chi connectivity index (χ2n) is 5.28. The van der Waals surface area contributed by atoms with Crippen LogP contribution in [0.15, 0.2) is 11.8 Å². The molecule has 1 unspecified atom stereocenters. The van der Waals surface area contributed by atoms with Crippen LogP contribution in [0.25, 0.3) is 0 Å². The maximum Gasteiger partial charge on any atom is 0.0562 e. The second kappa shape index (κ2) is 10.8. The quantitative estimate of drug-likeness (QED) is 0.531. The second-order valence-corrected chi connectivity index (χ2v) is 5.28. The number of hydrogen-bond donors (Lipinski definition) is 2. The average Bonchev–Trinajstić information content (AvgIpc) is 2.40. The molecule has 0 aromatic heterocycles. The van der Waals surface area contributed by atoms with E-state index in [1.54, 1.807) is 0 Å². The summed E-state index contributed by atoms with van der Waals surface area (Å²) >= 11 is 0. The van der Waals surface area contributed by atoms with Crippen LogP contribution in [0, 0.1) is 16.7 Å². The predicted molar refractivity (Wildman–Crippen MR) is 85.4 cm³/mol. The number of hydrogen-bond acceptors (Lipinski definition) is 3. The zero-order chi connectivity index (χ0) is 14.7. The van der Waals surface area contributed by atoms with Crippen LogP contribution in [0.5, 0.6) is 0 Å². The molecule has 0 spiro atoms. The fourth-order valence-electron chi connectivity index (χ4n) is 1.96. The number of nitrogens with zero attached hydrogens (tertiary/aromatic N) is 1. The van der Waals surface area contributed by atoms with Gasteiger partial charge in [-0.25, -0.2) is 0 Å². The fraction of sp³-hybridized carbons (Fsp3) is 0.750. The molecule has 3 heteroatoms. The molecule has 0 aliphatic heterocycles. The van der Waals surface area contributed by atoms with E-state index in [-0.39, 0.29) is 0 Å². The van der Waals surface area contributed by atoms with E-state index < -0.39 is 0 Å². The molecule has 0 aromatic carbocycles. The highest BCUT2D eigenvalue weighted by Gasteiger charge is 2.09. The molecule has 0 heterocycles. The number of rotatable bonds is 11. The third kappa shape index (κ3) is 7.81. The lowest BCUT2D eigenvalue weighted by atomic mass is 10.0. The summed E-state index contributed by atoms with van der Waals surface area (Å²) in [6, 6.07) is 0. The molecule has 0 rings (SSSR count). The van der Waals surface area contributed by atoms with Crippen LogP contribution in [-0.2, 0) is 0 Å². The number of nitrogens with one attached hydrogen (secondary N) is 2. The van der Waals surface area contributed by atoms with Gasteiger partial charge in [0, 0.05) is 25.0 Å². The lowest BCUT2D eigenvalue weighted by Gasteiger charge is -2.26. The molecule has 0 saturated heterocycles. The summed E-state index contributed by atoms with van der Waals surface area (Å²) in [5.74, 6) is 0.724. The first kappa shape index (κ1) is 17.9. The molecule has 0 amide bonds. The van der Waals surface area contributed by atoms with E-state index in [2.05, 4.69) is 32.6 Å². The Hall–Kier alpha value is -1.12. The summed E-state index contributed by atoms with van der Waals surface area (Å²) in [7, 11) is 0. The third-order valence-electron chi connectivity index (χ3n) is 3.44. The monoisotopic (exact) mass is 265 g/mol. The highest BCUT2D eigenvalue weighted by Crippen LogP contribution is 2.12. The largest absolute Gasteiger partial charge is 0.370 e. The van der Waals surface area contributed by atoms with Crippen LogP contribution in [0.4, 0.5) is 0 Å². The topological polar surface area (TPSA) is 50.9 Å². The molecule has 3 nitrogen and oxygen atoms in total. The molecule has 0 aliphatic rings. The molecule has 2 N–H and O–H groups in total. The smallest absolute Gasteiger partial charge is 0.0562 e. The summed E-state index contributed by atoms with van der Waals surface area (Å²) < 4.78 is 0.